The second-order valence-corrected chi connectivity index (χ2v) is 3.94. The maximum atomic E-state index is 3.91. The van der Waals surface area contributed by atoms with E-state index >= 15 is 0 Å². The quantitative estimate of drug-likeness (QED) is 0.374. The Bertz CT molecular complexity index is 113. The molecule has 0 aromatic carbocycles. The Morgan fingerprint density at radius 1 is 1.15 bits per heavy atom. The van der Waals surface area contributed by atoms with E-state index in [2.05, 4.69) is 32.9 Å². The zero-order chi connectivity index (χ0) is 9.94. The molecule has 0 heterocycles. The normalized spacial score (nSPS) is 13.8. The lowest BCUT2D eigenvalue weighted by atomic mass is 10.0. The van der Waals surface area contributed by atoms with Gasteiger partial charge < -0.3 is 0 Å². The molecule has 0 aliphatic carbocycles. The van der Waals surface area contributed by atoms with Crippen LogP contribution in [0.1, 0.15) is 58.8 Å². The SMILES string of the molecule is [CH2]CC(C)CCCC/C=C/CCC. The number of unbranched alkanes of at least 4 members (excludes halogenated alkanes) is 3. The first-order valence-electron chi connectivity index (χ1n) is 5.75. The molecule has 0 spiro atoms. The van der Waals surface area contributed by atoms with Gasteiger partial charge in [-0.2, -0.15) is 0 Å². The second-order valence-electron chi connectivity index (χ2n) is 3.94. The molecule has 0 N–H and O–H groups in total. The highest BCUT2D eigenvalue weighted by Crippen LogP contribution is 2.12. The summed E-state index contributed by atoms with van der Waals surface area (Å²) in [4.78, 5) is 0. The fraction of sp³-hybridized carbons (Fsp3) is 0.769. The molecule has 0 bridgehead atoms. The van der Waals surface area contributed by atoms with Gasteiger partial charge in [0, 0.05) is 0 Å². The molecule has 1 atom stereocenters. The molecule has 1 radical (unpaired) electrons. The number of allylic oxidation sites excluding steroid dienone is 2. The lowest BCUT2D eigenvalue weighted by Gasteiger charge is -2.05. The molecule has 0 amide bonds. The van der Waals surface area contributed by atoms with Crippen LogP contribution in [0.15, 0.2) is 12.2 Å². The van der Waals surface area contributed by atoms with Crippen LogP contribution >= 0.6 is 0 Å². The first-order chi connectivity index (χ1) is 6.31. The summed E-state index contributed by atoms with van der Waals surface area (Å²) >= 11 is 0. The van der Waals surface area contributed by atoms with Crippen molar-refractivity contribution in [2.75, 3.05) is 0 Å². The first kappa shape index (κ1) is 12.7. The van der Waals surface area contributed by atoms with Gasteiger partial charge in [0.1, 0.15) is 0 Å². The van der Waals surface area contributed by atoms with Crippen LogP contribution in [0.3, 0.4) is 0 Å². The number of hydrogen-bond donors (Lipinski definition) is 0. The predicted molar refractivity (Wildman–Crippen MR) is 61.7 cm³/mol. The average Bonchev–Trinajstić information content (AvgIpc) is 2.16. The van der Waals surface area contributed by atoms with E-state index in [4.69, 9.17) is 0 Å². The van der Waals surface area contributed by atoms with Crippen LogP contribution in [-0.4, -0.2) is 0 Å². The molecule has 0 rings (SSSR count). The third-order valence-corrected chi connectivity index (χ3v) is 2.43. The van der Waals surface area contributed by atoms with E-state index in [9.17, 15) is 0 Å². The summed E-state index contributed by atoms with van der Waals surface area (Å²) in [6, 6.07) is 0. The van der Waals surface area contributed by atoms with Crippen molar-refractivity contribution in [1.82, 2.24) is 0 Å². The summed E-state index contributed by atoms with van der Waals surface area (Å²) in [6.07, 6.45) is 13.6. The largest absolute Gasteiger partial charge is 0.0885 e. The van der Waals surface area contributed by atoms with Gasteiger partial charge in [-0.1, -0.05) is 58.6 Å². The molecule has 0 aliphatic rings. The molecule has 0 fully saturated rings. The molecule has 0 heteroatoms. The summed E-state index contributed by atoms with van der Waals surface area (Å²) in [5.41, 5.74) is 0. The molecule has 13 heavy (non-hydrogen) atoms. The molecule has 0 saturated heterocycles. The monoisotopic (exact) mass is 181 g/mol. The molecule has 0 aromatic rings. The maximum absolute atomic E-state index is 3.91. The molecule has 0 aliphatic heterocycles. The van der Waals surface area contributed by atoms with E-state index < -0.39 is 0 Å². The van der Waals surface area contributed by atoms with Crippen molar-refractivity contribution in [3.63, 3.8) is 0 Å². The van der Waals surface area contributed by atoms with Crippen molar-refractivity contribution in [2.24, 2.45) is 5.92 Å². The van der Waals surface area contributed by atoms with Gasteiger partial charge in [-0.25, -0.2) is 0 Å². The molecule has 0 saturated carbocycles. The highest BCUT2D eigenvalue weighted by molar-refractivity contribution is 4.80. The van der Waals surface area contributed by atoms with Crippen LogP contribution < -0.4 is 0 Å². The predicted octanol–water partition coefficient (Wildman–Crippen LogP) is 4.76. The third kappa shape index (κ3) is 9.66. The first-order valence-corrected chi connectivity index (χ1v) is 5.75. The van der Waals surface area contributed by atoms with Gasteiger partial charge in [0.2, 0.25) is 0 Å². The van der Waals surface area contributed by atoms with Gasteiger partial charge in [-0.15, -0.1) is 0 Å². The number of rotatable bonds is 8. The Labute approximate surface area is 84.4 Å². The van der Waals surface area contributed by atoms with Crippen LogP contribution in [0.5, 0.6) is 0 Å². The second kappa shape index (κ2) is 9.83. The molecular weight excluding hydrogens is 156 g/mol. The average molecular weight is 181 g/mol. The van der Waals surface area contributed by atoms with E-state index in [1.54, 1.807) is 0 Å². The molecule has 1 unspecified atom stereocenters. The van der Waals surface area contributed by atoms with Gasteiger partial charge in [0.05, 0.1) is 0 Å². The minimum Gasteiger partial charge on any atom is -0.0885 e. The Kier molecular flexibility index (Phi) is 9.63. The van der Waals surface area contributed by atoms with E-state index in [-0.39, 0.29) is 0 Å². The Morgan fingerprint density at radius 2 is 1.85 bits per heavy atom. The highest BCUT2D eigenvalue weighted by atomic mass is 14.0. The minimum atomic E-state index is 0.819. The van der Waals surface area contributed by atoms with Crippen molar-refractivity contribution in [3.05, 3.63) is 19.1 Å². The van der Waals surface area contributed by atoms with Crippen molar-refractivity contribution in [3.8, 4) is 0 Å². The van der Waals surface area contributed by atoms with Crippen molar-refractivity contribution >= 4 is 0 Å². The smallest absolute Gasteiger partial charge is 0.0351 e. The molecule has 0 nitrogen and oxygen atoms in total. The van der Waals surface area contributed by atoms with E-state index in [0.717, 1.165) is 12.3 Å². The fourth-order valence-electron chi connectivity index (χ4n) is 1.30. The van der Waals surface area contributed by atoms with Gasteiger partial charge >= 0.3 is 0 Å². The lowest BCUT2D eigenvalue weighted by molar-refractivity contribution is 0.503. The Morgan fingerprint density at radius 3 is 2.46 bits per heavy atom. The van der Waals surface area contributed by atoms with Gasteiger partial charge in [-0.3, -0.25) is 0 Å². The Hall–Kier alpha value is -0.260. The highest BCUT2D eigenvalue weighted by Gasteiger charge is 1.96. The van der Waals surface area contributed by atoms with Gasteiger partial charge in [0.15, 0.2) is 0 Å². The van der Waals surface area contributed by atoms with Crippen LogP contribution in [0.2, 0.25) is 0 Å². The third-order valence-electron chi connectivity index (χ3n) is 2.43. The van der Waals surface area contributed by atoms with Crippen LogP contribution in [0.4, 0.5) is 0 Å². The fourth-order valence-corrected chi connectivity index (χ4v) is 1.30. The number of hydrogen-bond acceptors (Lipinski definition) is 0. The van der Waals surface area contributed by atoms with Crippen LogP contribution in [0, 0.1) is 12.8 Å². The lowest BCUT2D eigenvalue weighted by Crippen LogP contribution is -1.91. The van der Waals surface area contributed by atoms with E-state index in [1.165, 1.54) is 38.5 Å². The molecular formula is C13H25. The summed E-state index contributed by atoms with van der Waals surface area (Å²) < 4.78 is 0. The minimum absolute atomic E-state index is 0.819. The van der Waals surface area contributed by atoms with E-state index in [1.807, 2.05) is 0 Å². The Balaban J connectivity index is 3.07. The van der Waals surface area contributed by atoms with Gasteiger partial charge in [0.25, 0.3) is 0 Å². The maximum Gasteiger partial charge on any atom is -0.0351 e. The topological polar surface area (TPSA) is 0 Å². The van der Waals surface area contributed by atoms with Crippen LogP contribution in [0.25, 0.3) is 0 Å². The summed E-state index contributed by atoms with van der Waals surface area (Å²) in [5.74, 6) is 0.819. The summed E-state index contributed by atoms with van der Waals surface area (Å²) in [6.45, 7) is 8.43. The summed E-state index contributed by atoms with van der Waals surface area (Å²) in [7, 11) is 0. The standard InChI is InChI=1S/C13H25/c1-4-6-7-8-9-10-11-12-13(3)5-2/h7-8,13H,2,4-6,9-12H2,1,3H3/b8-7+. The van der Waals surface area contributed by atoms with Crippen molar-refractivity contribution < 1.29 is 0 Å². The molecule has 0 aromatic heterocycles. The van der Waals surface area contributed by atoms with Crippen molar-refractivity contribution in [2.45, 2.75) is 58.8 Å². The molecule has 77 valence electrons. The van der Waals surface area contributed by atoms with Gasteiger partial charge in [-0.05, 0) is 25.2 Å². The zero-order valence-corrected chi connectivity index (χ0v) is 9.39. The van der Waals surface area contributed by atoms with E-state index in [0.29, 0.717) is 0 Å². The summed E-state index contributed by atoms with van der Waals surface area (Å²) in [5, 5.41) is 0. The zero-order valence-electron chi connectivity index (χ0n) is 9.39. The van der Waals surface area contributed by atoms with Crippen LogP contribution in [-0.2, 0) is 0 Å². The van der Waals surface area contributed by atoms with Crippen molar-refractivity contribution in [1.29, 1.82) is 0 Å².